The van der Waals surface area contributed by atoms with Crippen molar-refractivity contribution in [2.24, 2.45) is 0 Å². The summed E-state index contributed by atoms with van der Waals surface area (Å²) in [7, 11) is 0. The second-order valence-corrected chi connectivity index (χ2v) is 5.62. The normalized spacial score (nSPS) is 11.0. The fraction of sp³-hybridized carbons (Fsp3) is 0.263. The largest absolute Gasteiger partial charge is 0.326 e. The number of hydrogen-bond acceptors (Lipinski definition) is 2. The first-order chi connectivity index (χ1) is 10.7. The first-order valence-corrected chi connectivity index (χ1v) is 7.73. The van der Waals surface area contributed by atoms with E-state index < -0.39 is 0 Å². The van der Waals surface area contributed by atoms with E-state index in [4.69, 9.17) is 0 Å². The Morgan fingerprint density at radius 1 is 1.05 bits per heavy atom. The van der Waals surface area contributed by atoms with Crippen LogP contribution < -0.4 is 5.56 Å². The van der Waals surface area contributed by atoms with Crippen molar-refractivity contribution in [3.8, 4) is 0 Å². The molecule has 0 unspecified atom stereocenters. The van der Waals surface area contributed by atoms with E-state index in [1.54, 1.807) is 0 Å². The van der Waals surface area contributed by atoms with Gasteiger partial charge in [0.15, 0.2) is 0 Å². The van der Waals surface area contributed by atoms with Crippen molar-refractivity contribution in [2.75, 3.05) is 0 Å². The lowest BCUT2D eigenvalue weighted by molar-refractivity contribution is 0.886. The Kier molecular flexibility index (Phi) is 4.05. The van der Waals surface area contributed by atoms with Crippen LogP contribution in [0.2, 0.25) is 0 Å². The van der Waals surface area contributed by atoms with Crippen LogP contribution in [0.4, 0.5) is 0 Å². The second-order valence-electron chi connectivity index (χ2n) is 5.62. The molecule has 2 heterocycles. The van der Waals surface area contributed by atoms with Crippen molar-refractivity contribution in [3.05, 3.63) is 75.3 Å². The molecule has 0 saturated carbocycles. The summed E-state index contributed by atoms with van der Waals surface area (Å²) in [5, 5.41) is 1.15. The Bertz CT molecular complexity index is 865. The second kappa shape index (κ2) is 6.14. The van der Waals surface area contributed by atoms with E-state index in [1.165, 1.54) is 5.56 Å². The molecule has 0 aliphatic carbocycles. The van der Waals surface area contributed by atoms with Gasteiger partial charge >= 0.3 is 0 Å². The van der Waals surface area contributed by atoms with Crippen LogP contribution in [-0.2, 0) is 19.3 Å². The van der Waals surface area contributed by atoms with Gasteiger partial charge in [-0.2, -0.15) is 0 Å². The SMILES string of the molecule is CCc1cc(CCc2ccc3ccccc3n2)c(=O)[nH]c1C. The van der Waals surface area contributed by atoms with E-state index in [0.29, 0.717) is 6.42 Å². The average molecular weight is 292 g/mol. The maximum absolute atomic E-state index is 12.1. The Labute approximate surface area is 130 Å². The average Bonchev–Trinajstić information content (AvgIpc) is 2.54. The highest BCUT2D eigenvalue weighted by molar-refractivity contribution is 5.78. The third kappa shape index (κ3) is 2.93. The van der Waals surface area contributed by atoms with Gasteiger partial charge in [0.05, 0.1) is 5.52 Å². The maximum Gasteiger partial charge on any atom is 0.251 e. The van der Waals surface area contributed by atoms with E-state index in [1.807, 2.05) is 37.3 Å². The molecular weight excluding hydrogens is 272 g/mol. The summed E-state index contributed by atoms with van der Waals surface area (Å²) in [6.45, 7) is 4.06. The van der Waals surface area contributed by atoms with Crippen molar-refractivity contribution < 1.29 is 0 Å². The summed E-state index contributed by atoms with van der Waals surface area (Å²) in [6, 6.07) is 14.3. The summed E-state index contributed by atoms with van der Waals surface area (Å²) in [5.74, 6) is 0. The predicted octanol–water partition coefficient (Wildman–Crippen LogP) is 3.58. The molecule has 0 radical (unpaired) electrons. The van der Waals surface area contributed by atoms with Gasteiger partial charge in [-0.25, -0.2) is 0 Å². The number of hydrogen-bond donors (Lipinski definition) is 1. The number of para-hydroxylation sites is 1. The number of H-pyrrole nitrogens is 1. The lowest BCUT2D eigenvalue weighted by Gasteiger charge is -2.07. The van der Waals surface area contributed by atoms with Crippen molar-refractivity contribution in [1.82, 2.24) is 9.97 Å². The molecule has 22 heavy (non-hydrogen) atoms. The molecule has 0 amide bonds. The van der Waals surface area contributed by atoms with Crippen molar-refractivity contribution in [1.29, 1.82) is 0 Å². The molecule has 0 bridgehead atoms. The van der Waals surface area contributed by atoms with Gasteiger partial charge in [0.2, 0.25) is 0 Å². The summed E-state index contributed by atoms with van der Waals surface area (Å²) in [5.41, 5.74) is 5.08. The first kappa shape index (κ1) is 14.5. The van der Waals surface area contributed by atoms with Crippen molar-refractivity contribution >= 4 is 10.9 Å². The highest BCUT2D eigenvalue weighted by Gasteiger charge is 2.06. The van der Waals surface area contributed by atoms with Crippen LogP contribution in [0, 0.1) is 6.92 Å². The van der Waals surface area contributed by atoms with E-state index in [2.05, 4.69) is 29.0 Å². The van der Waals surface area contributed by atoms with Crippen LogP contribution in [0.1, 0.15) is 29.4 Å². The minimum atomic E-state index is 0.0236. The Hall–Kier alpha value is -2.42. The van der Waals surface area contributed by atoms with E-state index in [9.17, 15) is 4.79 Å². The number of nitrogens with zero attached hydrogens (tertiary/aromatic N) is 1. The lowest BCUT2D eigenvalue weighted by Crippen LogP contribution is -2.16. The standard InChI is InChI=1S/C19H20N2O/c1-3-14-12-16(19(22)20-13(14)2)9-11-17-10-8-15-6-4-5-7-18(15)21-17/h4-8,10,12H,3,9,11H2,1-2H3,(H,20,22). The number of aromatic nitrogens is 2. The van der Waals surface area contributed by atoms with Gasteiger partial charge in [-0.05, 0) is 49.9 Å². The zero-order valence-electron chi connectivity index (χ0n) is 13.0. The van der Waals surface area contributed by atoms with Gasteiger partial charge in [0, 0.05) is 22.3 Å². The zero-order valence-corrected chi connectivity index (χ0v) is 13.0. The number of pyridine rings is 2. The van der Waals surface area contributed by atoms with Gasteiger partial charge in [-0.1, -0.05) is 31.2 Å². The molecule has 2 aromatic heterocycles. The Balaban J connectivity index is 1.83. The lowest BCUT2D eigenvalue weighted by atomic mass is 10.0. The van der Waals surface area contributed by atoms with Crippen molar-refractivity contribution in [2.45, 2.75) is 33.1 Å². The highest BCUT2D eigenvalue weighted by atomic mass is 16.1. The monoisotopic (exact) mass is 292 g/mol. The number of aryl methyl sites for hydroxylation is 4. The molecule has 0 fully saturated rings. The van der Waals surface area contributed by atoms with E-state index >= 15 is 0 Å². The summed E-state index contributed by atoms with van der Waals surface area (Å²) in [6.07, 6.45) is 2.43. The number of nitrogens with one attached hydrogen (secondary N) is 1. The quantitative estimate of drug-likeness (QED) is 0.799. The predicted molar refractivity (Wildman–Crippen MR) is 90.3 cm³/mol. The van der Waals surface area contributed by atoms with Gasteiger partial charge < -0.3 is 4.98 Å². The third-order valence-electron chi connectivity index (χ3n) is 4.11. The third-order valence-corrected chi connectivity index (χ3v) is 4.11. The van der Waals surface area contributed by atoms with E-state index in [0.717, 1.165) is 40.7 Å². The molecule has 3 nitrogen and oxygen atoms in total. The van der Waals surface area contributed by atoms with E-state index in [-0.39, 0.29) is 5.56 Å². The number of aromatic amines is 1. The highest BCUT2D eigenvalue weighted by Crippen LogP contribution is 2.13. The molecule has 3 aromatic rings. The van der Waals surface area contributed by atoms with Gasteiger partial charge in [0.1, 0.15) is 0 Å². The fourth-order valence-electron chi connectivity index (χ4n) is 2.78. The van der Waals surface area contributed by atoms with Crippen LogP contribution in [0.3, 0.4) is 0 Å². The van der Waals surface area contributed by atoms with Crippen LogP contribution in [-0.4, -0.2) is 9.97 Å². The molecular formula is C19H20N2O. The number of rotatable bonds is 4. The minimum absolute atomic E-state index is 0.0236. The molecule has 3 heteroatoms. The van der Waals surface area contributed by atoms with Crippen LogP contribution in [0.15, 0.2) is 47.3 Å². The van der Waals surface area contributed by atoms with Crippen molar-refractivity contribution in [3.63, 3.8) is 0 Å². The first-order valence-electron chi connectivity index (χ1n) is 7.73. The Morgan fingerprint density at radius 3 is 2.68 bits per heavy atom. The van der Waals surface area contributed by atoms with Crippen LogP contribution in [0.25, 0.3) is 10.9 Å². The van der Waals surface area contributed by atoms with Crippen LogP contribution >= 0.6 is 0 Å². The topological polar surface area (TPSA) is 45.8 Å². The Morgan fingerprint density at radius 2 is 1.86 bits per heavy atom. The molecule has 0 aliphatic rings. The minimum Gasteiger partial charge on any atom is -0.326 e. The summed E-state index contributed by atoms with van der Waals surface area (Å²) < 4.78 is 0. The van der Waals surface area contributed by atoms with Gasteiger partial charge in [-0.15, -0.1) is 0 Å². The van der Waals surface area contributed by atoms with Gasteiger partial charge in [0.25, 0.3) is 5.56 Å². The maximum atomic E-state index is 12.1. The molecule has 112 valence electrons. The molecule has 0 saturated heterocycles. The smallest absolute Gasteiger partial charge is 0.251 e. The molecule has 3 rings (SSSR count). The fourth-order valence-corrected chi connectivity index (χ4v) is 2.78. The number of benzene rings is 1. The molecule has 1 N–H and O–H groups in total. The molecule has 0 spiro atoms. The van der Waals surface area contributed by atoms with Gasteiger partial charge in [-0.3, -0.25) is 9.78 Å². The molecule has 0 atom stereocenters. The summed E-state index contributed by atoms with van der Waals surface area (Å²) in [4.78, 5) is 19.7. The molecule has 1 aromatic carbocycles. The summed E-state index contributed by atoms with van der Waals surface area (Å²) >= 11 is 0. The zero-order chi connectivity index (χ0) is 15.5. The van der Waals surface area contributed by atoms with Crippen LogP contribution in [0.5, 0.6) is 0 Å². The molecule has 0 aliphatic heterocycles. The number of fused-ring (bicyclic) bond motifs is 1.